The van der Waals surface area contributed by atoms with E-state index in [9.17, 15) is 9.18 Å². The van der Waals surface area contributed by atoms with E-state index in [1.165, 1.54) is 5.56 Å². The quantitative estimate of drug-likeness (QED) is 0.752. The first kappa shape index (κ1) is 13.5. The maximum Gasteiger partial charge on any atom is 0.170 e. The number of carbonyl (C=O) groups is 1. The van der Waals surface area contributed by atoms with Gasteiger partial charge < -0.3 is 0 Å². The molecule has 0 fully saturated rings. The number of carbonyl (C=O) groups excluding carboxylic acids is 1. The molecule has 2 aromatic carbocycles. The third kappa shape index (κ3) is 3.08. The summed E-state index contributed by atoms with van der Waals surface area (Å²) in [5.41, 5.74) is 2.84. The van der Waals surface area contributed by atoms with E-state index in [0.717, 1.165) is 12.0 Å². The monoisotopic (exact) mass is 256 g/mol. The Bertz CT molecular complexity index is 585. The standard InChI is InChI=1S/C17H17FO/c1-3-13-7-9-14(10-8-13)11-16(19)15-6-4-5-12(2)17(15)18/h4-10H,3,11H2,1-2H3. The van der Waals surface area contributed by atoms with E-state index in [2.05, 4.69) is 6.92 Å². The summed E-state index contributed by atoms with van der Waals surface area (Å²) in [4.78, 5) is 12.1. The Balaban J connectivity index is 2.18. The van der Waals surface area contributed by atoms with Gasteiger partial charge in [-0.05, 0) is 36.1 Å². The molecule has 0 saturated carbocycles. The molecule has 0 saturated heterocycles. The molecule has 0 amide bonds. The Morgan fingerprint density at radius 2 is 1.68 bits per heavy atom. The molecule has 0 spiro atoms. The molecule has 0 bridgehead atoms. The highest BCUT2D eigenvalue weighted by Crippen LogP contribution is 2.15. The third-order valence-electron chi connectivity index (χ3n) is 3.29. The highest BCUT2D eigenvalue weighted by atomic mass is 19.1. The Morgan fingerprint density at radius 1 is 1.05 bits per heavy atom. The average molecular weight is 256 g/mol. The molecule has 0 atom stereocenters. The molecule has 0 N–H and O–H groups in total. The molecule has 0 aliphatic rings. The summed E-state index contributed by atoms with van der Waals surface area (Å²) in [6.07, 6.45) is 1.21. The fourth-order valence-electron chi connectivity index (χ4n) is 2.04. The lowest BCUT2D eigenvalue weighted by atomic mass is 10.00. The van der Waals surface area contributed by atoms with Crippen molar-refractivity contribution in [2.45, 2.75) is 26.7 Å². The molecule has 0 aliphatic carbocycles. The van der Waals surface area contributed by atoms with Crippen molar-refractivity contribution < 1.29 is 9.18 Å². The summed E-state index contributed by atoms with van der Waals surface area (Å²) >= 11 is 0. The smallest absolute Gasteiger partial charge is 0.170 e. The molecule has 0 heterocycles. The predicted molar refractivity (Wildman–Crippen MR) is 75.0 cm³/mol. The van der Waals surface area contributed by atoms with Crippen molar-refractivity contribution in [3.05, 3.63) is 70.5 Å². The summed E-state index contributed by atoms with van der Waals surface area (Å²) in [7, 11) is 0. The van der Waals surface area contributed by atoms with Gasteiger partial charge in [0.1, 0.15) is 5.82 Å². The van der Waals surface area contributed by atoms with Crippen LogP contribution in [0, 0.1) is 12.7 Å². The fourth-order valence-corrected chi connectivity index (χ4v) is 2.04. The number of Topliss-reactive ketones (excluding diaryl/α,β-unsaturated/α-hetero) is 1. The zero-order chi connectivity index (χ0) is 13.8. The van der Waals surface area contributed by atoms with Crippen LogP contribution in [0.15, 0.2) is 42.5 Å². The first-order valence-electron chi connectivity index (χ1n) is 6.48. The number of ketones is 1. The summed E-state index contributed by atoms with van der Waals surface area (Å²) in [6.45, 7) is 3.75. The van der Waals surface area contributed by atoms with E-state index in [-0.39, 0.29) is 17.8 Å². The zero-order valence-electron chi connectivity index (χ0n) is 11.2. The van der Waals surface area contributed by atoms with Crippen LogP contribution in [0.5, 0.6) is 0 Å². The molecular weight excluding hydrogens is 239 g/mol. The van der Waals surface area contributed by atoms with Crippen LogP contribution in [0.25, 0.3) is 0 Å². The number of hydrogen-bond donors (Lipinski definition) is 0. The van der Waals surface area contributed by atoms with Gasteiger partial charge in [0.2, 0.25) is 0 Å². The number of aryl methyl sites for hydroxylation is 2. The average Bonchev–Trinajstić information content (AvgIpc) is 2.42. The second-order valence-corrected chi connectivity index (χ2v) is 4.71. The van der Waals surface area contributed by atoms with Crippen LogP contribution in [-0.2, 0) is 12.8 Å². The van der Waals surface area contributed by atoms with E-state index in [1.807, 2.05) is 24.3 Å². The van der Waals surface area contributed by atoms with E-state index < -0.39 is 5.82 Å². The lowest BCUT2D eigenvalue weighted by Crippen LogP contribution is -2.07. The minimum absolute atomic E-state index is 0.176. The van der Waals surface area contributed by atoms with Crippen LogP contribution in [0.4, 0.5) is 4.39 Å². The summed E-state index contributed by atoms with van der Waals surface area (Å²) in [5, 5.41) is 0. The van der Waals surface area contributed by atoms with Gasteiger partial charge in [0.05, 0.1) is 5.56 Å². The Morgan fingerprint density at radius 3 is 2.32 bits per heavy atom. The SMILES string of the molecule is CCc1ccc(CC(=O)c2cccc(C)c2F)cc1. The number of hydrogen-bond acceptors (Lipinski definition) is 1. The predicted octanol–water partition coefficient (Wildman–Crippen LogP) is 4.12. The van der Waals surface area contributed by atoms with E-state index >= 15 is 0 Å². The molecular formula is C17H17FO. The van der Waals surface area contributed by atoms with Gasteiger partial charge in [-0.1, -0.05) is 43.3 Å². The Kier molecular flexibility index (Phi) is 4.10. The minimum atomic E-state index is -0.405. The van der Waals surface area contributed by atoms with Gasteiger partial charge in [-0.15, -0.1) is 0 Å². The van der Waals surface area contributed by atoms with Crippen molar-refractivity contribution in [1.82, 2.24) is 0 Å². The van der Waals surface area contributed by atoms with Crippen molar-refractivity contribution in [1.29, 1.82) is 0 Å². The highest BCUT2D eigenvalue weighted by molar-refractivity contribution is 5.97. The molecule has 1 nitrogen and oxygen atoms in total. The van der Waals surface area contributed by atoms with E-state index in [1.54, 1.807) is 25.1 Å². The van der Waals surface area contributed by atoms with Crippen LogP contribution in [0.1, 0.15) is 34.0 Å². The van der Waals surface area contributed by atoms with Crippen LogP contribution < -0.4 is 0 Å². The maximum absolute atomic E-state index is 13.9. The van der Waals surface area contributed by atoms with Crippen molar-refractivity contribution in [3.63, 3.8) is 0 Å². The Labute approximate surface area is 113 Å². The van der Waals surface area contributed by atoms with Crippen LogP contribution in [0.3, 0.4) is 0 Å². The molecule has 2 aromatic rings. The molecule has 0 aromatic heterocycles. The topological polar surface area (TPSA) is 17.1 Å². The summed E-state index contributed by atoms with van der Waals surface area (Å²) in [5.74, 6) is -0.580. The van der Waals surface area contributed by atoms with E-state index in [0.29, 0.717) is 5.56 Å². The summed E-state index contributed by atoms with van der Waals surface area (Å²) in [6, 6.07) is 12.8. The first-order chi connectivity index (χ1) is 9.11. The van der Waals surface area contributed by atoms with Crippen molar-refractivity contribution in [3.8, 4) is 0 Å². The van der Waals surface area contributed by atoms with Crippen LogP contribution in [0.2, 0.25) is 0 Å². The molecule has 0 aliphatic heterocycles. The number of halogens is 1. The normalized spacial score (nSPS) is 10.5. The lowest BCUT2D eigenvalue weighted by Gasteiger charge is -2.05. The maximum atomic E-state index is 13.9. The van der Waals surface area contributed by atoms with Crippen molar-refractivity contribution in [2.24, 2.45) is 0 Å². The third-order valence-corrected chi connectivity index (χ3v) is 3.29. The molecule has 0 radical (unpaired) electrons. The number of benzene rings is 2. The van der Waals surface area contributed by atoms with Crippen LogP contribution in [-0.4, -0.2) is 5.78 Å². The highest BCUT2D eigenvalue weighted by Gasteiger charge is 2.13. The molecule has 2 heteroatoms. The van der Waals surface area contributed by atoms with Gasteiger partial charge in [0, 0.05) is 6.42 Å². The molecule has 19 heavy (non-hydrogen) atoms. The molecule has 98 valence electrons. The molecule has 0 unspecified atom stereocenters. The zero-order valence-corrected chi connectivity index (χ0v) is 11.2. The largest absolute Gasteiger partial charge is 0.294 e. The summed E-state index contributed by atoms with van der Waals surface area (Å²) < 4.78 is 13.9. The van der Waals surface area contributed by atoms with Crippen LogP contribution >= 0.6 is 0 Å². The second kappa shape index (κ2) is 5.79. The van der Waals surface area contributed by atoms with Gasteiger partial charge in [0.25, 0.3) is 0 Å². The number of rotatable bonds is 4. The van der Waals surface area contributed by atoms with Gasteiger partial charge >= 0.3 is 0 Å². The van der Waals surface area contributed by atoms with Gasteiger partial charge in [-0.3, -0.25) is 4.79 Å². The van der Waals surface area contributed by atoms with Crippen molar-refractivity contribution in [2.75, 3.05) is 0 Å². The fraction of sp³-hybridized carbons (Fsp3) is 0.235. The van der Waals surface area contributed by atoms with Gasteiger partial charge in [-0.2, -0.15) is 0 Å². The first-order valence-corrected chi connectivity index (χ1v) is 6.48. The van der Waals surface area contributed by atoms with E-state index in [4.69, 9.17) is 0 Å². The molecule has 2 rings (SSSR count). The van der Waals surface area contributed by atoms with Gasteiger partial charge in [0.15, 0.2) is 5.78 Å². The lowest BCUT2D eigenvalue weighted by molar-refractivity contribution is 0.0989. The van der Waals surface area contributed by atoms with Gasteiger partial charge in [-0.25, -0.2) is 4.39 Å². The Hall–Kier alpha value is -1.96. The second-order valence-electron chi connectivity index (χ2n) is 4.71. The minimum Gasteiger partial charge on any atom is -0.294 e. The van der Waals surface area contributed by atoms with Crippen molar-refractivity contribution >= 4 is 5.78 Å².